The van der Waals surface area contributed by atoms with E-state index in [0.717, 1.165) is 14.8 Å². The number of nitro groups is 1. The third-order valence-electron chi connectivity index (χ3n) is 2.44. The summed E-state index contributed by atoms with van der Waals surface area (Å²) in [6.07, 6.45) is 0. The third-order valence-corrected chi connectivity index (χ3v) is 3.11. The Morgan fingerprint density at radius 2 is 1.94 bits per heavy atom. The molecular weight excluding hydrogens is 343 g/mol. The van der Waals surface area contributed by atoms with Crippen LogP contribution in [0, 0.1) is 13.7 Å². The van der Waals surface area contributed by atoms with Crippen molar-refractivity contribution in [2.45, 2.75) is 6.54 Å². The third kappa shape index (κ3) is 3.43. The lowest BCUT2D eigenvalue weighted by atomic mass is 10.2. The van der Waals surface area contributed by atoms with Crippen LogP contribution in [0.4, 0.5) is 11.4 Å². The van der Waals surface area contributed by atoms with Gasteiger partial charge in [-0.1, -0.05) is 18.2 Å². The summed E-state index contributed by atoms with van der Waals surface area (Å²) in [6, 6.07) is 14.6. The highest BCUT2D eigenvalue weighted by molar-refractivity contribution is 14.1. The van der Waals surface area contributed by atoms with Crippen molar-refractivity contribution in [2.24, 2.45) is 0 Å². The Hall–Kier alpha value is -1.63. The van der Waals surface area contributed by atoms with Gasteiger partial charge in [-0.2, -0.15) is 0 Å². The fourth-order valence-electron chi connectivity index (χ4n) is 1.58. The number of halogens is 1. The zero-order valence-electron chi connectivity index (χ0n) is 9.47. The van der Waals surface area contributed by atoms with Gasteiger partial charge in [-0.05, 0) is 46.4 Å². The monoisotopic (exact) mass is 354 g/mol. The van der Waals surface area contributed by atoms with Crippen LogP contribution < -0.4 is 5.32 Å². The van der Waals surface area contributed by atoms with Gasteiger partial charge in [0, 0.05) is 27.9 Å². The summed E-state index contributed by atoms with van der Waals surface area (Å²) in [5.41, 5.74) is 2.02. The Bertz CT molecular complexity index is 572. The molecule has 0 saturated carbocycles. The minimum Gasteiger partial charge on any atom is -0.381 e. The van der Waals surface area contributed by atoms with Crippen LogP contribution >= 0.6 is 22.6 Å². The topological polar surface area (TPSA) is 55.2 Å². The van der Waals surface area contributed by atoms with E-state index in [0.29, 0.717) is 6.54 Å². The number of benzene rings is 2. The Morgan fingerprint density at radius 3 is 2.67 bits per heavy atom. The number of rotatable bonds is 4. The molecule has 0 bridgehead atoms. The summed E-state index contributed by atoms with van der Waals surface area (Å²) in [5.74, 6) is 0. The van der Waals surface area contributed by atoms with E-state index in [1.807, 2.05) is 30.3 Å². The van der Waals surface area contributed by atoms with E-state index >= 15 is 0 Å². The summed E-state index contributed by atoms with van der Waals surface area (Å²) in [6.45, 7) is 0.571. The van der Waals surface area contributed by atoms with Crippen molar-refractivity contribution < 1.29 is 4.92 Å². The summed E-state index contributed by atoms with van der Waals surface area (Å²) < 4.78 is 1.15. The molecule has 5 heteroatoms. The van der Waals surface area contributed by atoms with Crippen molar-refractivity contribution in [1.82, 2.24) is 0 Å². The first-order chi connectivity index (χ1) is 8.65. The minimum absolute atomic E-state index is 0.122. The number of nitro benzene ring substituents is 1. The summed E-state index contributed by atoms with van der Waals surface area (Å²) in [4.78, 5) is 10.3. The number of anilines is 1. The summed E-state index contributed by atoms with van der Waals surface area (Å²) in [5, 5.41) is 13.9. The van der Waals surface area contributed by atoms with Gasteiger partial charge in [0.2, 0.25) is 0 Å². The molecule has 0 fully saturated rings. The molecule has 0 amide bonds. The van der Waals surface area contributed by atoms with Crippen molar-refractivity contribution in [3.05, 3.63) is 67.8 Å². The molecule has 18 heavy (non-hydrogen) atoms. The molecule has 0 aliphatic carbocycles. The quantitative estimate of drug-likeness (QED) is 0.516. The zero-order valence-corrected chi connectivity index (χ0v) is 11.6. The second-order valence-electron chi connectivity index (χ2n) is 3.79. The first kappa shape index (κ1) is 12.8. The number of hydrogen-bond donors (Lipinski definition) is 1. The Kier molecular flexibility index (Phi) is 4.14. The molecule has 0 aromatic heterocycles. The molecule has 0 heterocycles. The number of non-ortho nitro benzene ring substituents is 1. The van der Waals surface area contributed by atoms with E-state index in [1.165, 1.54) is 6.07 Å². The molecule has 0 atom stereocenters. The molecule has 0 aliphatic heterocycles. The van der Waals surface area contributed by atoms with Crippen molar-refractivity contribution in [3.63, 3.8) is 0 Å². The van der Waals surface area contributed by atoms with E-state index < -0.39 is 0 Å². The van der Waals surface area contributed by atoms with Crippen LogP contribution in [0.5, 0.6) is 0 Å². The average Bonchev–Trinajstić information content (AvgIpc) is 2.37. The van der Waals surface area contributed by atoms with E-state index in [4.69, 9.17) is 0 Å². The van der Waals surface area contributed by atoms with Gasteiger partial charge in [0.15, 0.2) is 0 Å². The number of hydrogen-bond acceptors (Lipinski definition) is 3. The number of nitrogens with one attached hydrogen (secondary N) is 1. The van der Waals surface area contributed by atoms with Gasteiger partial charge in [-0.3, -0.25) is 10.1 Å². The fraction of sp³-hybridized carbons (Fsp3) is 0.0769. The Morgan fingerprint density at radius 1 is 1.17 bits per heavy atom. The molecule has 0 radical (unpaired) electrons. The molecule has 0 saturated heterocycles. The first-order valence-corrected chi connectivity index (χ1v) is 6.46. The van der Waals surface area contributed by atoms with Gasteiger partial charge in [0.1, 0.15) is 0 Å². The van der Waals surface area contributed by atoms with E-state index in [2.05, 4.69) is 27.9 Å². The molecule has 0 aliphatic rings. The van der Waals surface area contributed by atoms with Crippen molar-refractivity contribution in [2.75, 3.05) is 5.32 Å². The highest BCUT2D eigenvalue weighted by atomic mass is 127. The smallest absolute Gasteiger partial charge is 0.269 e. The van der Waals surface area contributed by atoms with Crippen molar-refractivity contribution >= 4 is 34.0 Å². The van der Waals surface area contributed by atoms with Crippen LogP contribution in [0.2, 0.25) is 0 Å². The predicted molar refractivity (Wildman–Crippen MR) is 79.6 cm³/mol. The van der Waals surface area contributed by atoms with Crippen molar-refractivity contribution in [3.8, 4) is 0 Å². The Balaban J connectivity index is 2.06. The SMILES string of the molecule is O=[N+]([O-])c1cccc(CNc2cccc(I)c2)c1. The summed E-state index contributed by atoms with van der Waals surface area (Å²) >= 11 is 2.24. The van der Waals surface area contributed by atoms with Crippen LogP contribution in [0.15, 0.2) is 48.5 Å². The second-order valence-corrected chi connectivity index (χ2v) is 5.04. The molecule has 2 aromatic rings. The molecule has 4 nitrogen and oxygen atoms in total. The zero-order chi connectivity index (χ0) is 13.0. The lowest BCUT2D eigenvalue weighted by molar-refractivity contribution is -0.384. The van der Waals surface area contributed by atoms with Crippen LogP contribution in [-0.4, -0.2) is 4.92 Å². The van der Waals surface area contributed by atoms with Crippen LogP contribution in [0.1, 0.15) is 5.56 Å². The second kappa shape index (κ2) is 5.81. The molecule has 1 N–H and O–H groups in total. The highest BCUT2D eigenvalue weighted by Gasteiger charge is 2.05. The van der Waals surface area contributed by atoms with Gasteiger partial charge >= 0.3 is 0 Å². The molecule has 0 spiro atoms. The van der Waals surface area contributed by atoms with E-state index in [1.54, 1.807) is 12.1 Å². The van der Waals surface area contributed by atoms with Gasteiger partial charge in [0.05, 0.1) is 4.92 Å². The first-order valence-electron chi connectivity index (χ1n) is 5.38. The molecule has 2 aromatic carbocycles. The largest absolute Gasteiger partial charge is 0.381 e. The highest BCUT2D eigenvalue weighted by Crippen LogP contribution is 2.16. The maximum Gasteiger partial charge on any atom is 0.269 e. The molecular formula is C13H11IN2O2. The fourth-order valence-corrected chi connectivity index (χ4v) is 2.13. The van der Waals surface area contributed by atoms with Gasteiger partial charge in [0.25, 0.3) is 5.69 Å². The van der Waals surface area contributed by atoms with E-state index in [-0.39, 0.29) is 10.6 Å². The minimum atomic E-state index is -0.380. The predicted octanol–water partition coefficient (Wildman–Crippen LogP) is 3.81. The standard InChI is InChI=1S/C13H11IN2O2/c14-11-4-2-5-12(8-11)15-9-10-3-1-6-13(7-10)16(17)18/h1-8,15H,9H2. The van der Waals surface area contributed by atoms with Gasteiger partial charge < -0.3 is 5.32 Å². The van der Waals surface area contributed by atoms with Crippen LogP contribution in [-0.2, 0) is 6.54 Å². The maximum atomic E-state index is 10.7. The van der Waals surface area contributed by atoms with Crippen molar-refractivity contribution in [1.29, 1.82) is 0 Å². The van der Waals surface area contributed by atoms with E-state index in [9.17, 15) is 10.1 Å². The van der Waals surface area contributed by atoms with Crippen LogP contribution in [0.25, 0.3) is 0 Å². The van der Waals surface area contributed by atoms with Gasteiger partial charge in [-0.25, -0.2) is 0 Å². The lowest BCUT2D eigenvalue weighted by Crippen LogP contribution is -2.00. The molecule has 2 rings (SSSR count). The maximum absolute atomic E-state index is 10.7. The molecule has 92 valence electrons. The normalized spacial score (nSPS) is 10.1. The number of nitrogens with zero attached hydrogens (tertiary/aromatic N) is 1. The molecule has 0 unspecified atom stereocenters. The average molecular weight is 354 g/mol. The lowest BCUT2D eigenvalue weighted by Gasteiger charge is -2.06. The van der Waals surface area contributed by atoms with Gasteiger partial charge in [-0.15, -0.1) is 0 Å². The summed E-state index contributed by atoms with van der Waals surface area (Å²) in [7, 11) is 0. The Labute approximate surface area is 118 Å². The van der Waals surface area contributed by atoms with Crippen LogP contribution in [0.3, 0.4) is 0 Å².